The van der Waals surface area contributed by atoms with Crippen molar-refractivity contribution in [1.29, 1.82) is 0 Å². The number of rotatable bonds is 8. The summed E-state index contributed by atoms with van der Waals surface area (Å²) < 4.78 is 0. The minimum Gasteiger partial charge on any atom is -0.371 e. The lowest BCUT2D eigenvalue weighted by Gasteiger charge is -2.43. The molecular weight excluding hydrogens is 656 g/mol. The van der Waals surface area contributed by atoms with Gasteiger partial charge in [-0.25, -0.2) is 4.79 Å². The summed E-state index contributed by atoms with van der Waals surface area (Å²) >= 11 is 6.95. The normalized spacial score (nSPS) is 19.8. The van der Waals surface area contributed by atoms with Crippen LogP contribution in [-0.2, 0) is 16.0 Å². The van der Waals surface area contributed by atoms with Crippen LogP contribution in [0.15, 0.2) is 60.8 Å². The van der Waals surface area contributed by atoms with Crippen molar-refractivity contribution < 1.29 is 24.0 Å². The molecule has 8 rings (SSSR count). The molecule has 12 heteroatoms. The lowest BCUT2D eigenvalue weighted by Crippen LogP contribution is -2.54. The Morgan fingerprint density at radius 1 is 0.880 bits per heavy atom. The van der Waals surface area contributed by atoms with Crippen molar-refractivity contribution in [3.05, 3.63) is 82.5 Å². The van der Waals surface area contributed by atoms with Gasteiger partial charge in [0.2, 0.25) is 11.8 Å². The zero-order chi connectivity index (χ0) is 34.7. The van der Waals surface area contributed by atoms with Crippen LogP contribution in [-0.4, -0.2) is 83.2 Å². The van der Waals surface area contributed by atoms with E-state index >= 15 is 0 Å². The van der Waals surface area contributed by atoms with Crippen molar-refractivity contribution in [2.24, 2.45) is 5.92 Å². The maximum absolute atomic E-state index is 13.7. The predicted octanol–water partition coefficient (Wildman–Crippen LogP) is 5.61. The third kappa shape index (κ3) is 5.40. The average Bonchev–Trinajstić information content (AvgIpc) is 3.63. The van der Waals surface area contributed by atoms with Crippen LogP contribution in [0.5, 0.6) is 0 Å². The molecule has 1 atom stereocenters. The Labute approximate surface area is 294 Å². The molecule has 0 spiro atoms. The van der Waals surface area contributed by atoms with Crippen molar-refractivity contribution in [3.63, 3.8) is 0 Å². The number of carbonyl (C=O) groups excluding carboxylic acids is 5. The molecule has 5 heterocycles. The number of aromatic nitrogens is 1. The third-order valence-electron chi connectivity index (χ3n) is 10.6. The van der Waals surface area contributed by atoms with Crippen LogP contribution in [0.25, 0.3) is 22.0 Å². The number of aryl methyl sites for hydroxylation is 1. The number of anilines is 2. The molecule has 3 fully saturated rings. The summed E-state index contributed by atoms with van der Waals surface area (Å²) in [5.41, 5.74) is 6.35. The van der Waals surface area contributed by atoms with Gasteiger partial charge in [-0.3, -0.25) is 34.3 Å². The smallest absolute Gasteiger partial charge is 0.324 e. The van der Waals surface area contributed by atoms with Crippen molar-refractivity contribution >= 4 is 63.5 Å². The molecule has 1 unspecified atom stereocenters. The van der Waals surface area contributed by atoms with Crippen LogP contribution in [0.4, 0.5) is 16.2 Å². The molecule has 0 radical (unpaired) electrons. The van der Waals surface area contributed by atoms with Crippen molar-refractivity contribution in [3.8, 4) is 11.1 Å². The SMILES string of the molecule is CCc1c[nH]c2ccc(-c3cccc(N4CCCN(CCC5CN(c6ccc7c(c6)C(=O)N(C6CCC(=O)NC6=O)C7=O)C5)C4=O)c3)c(Cl)c12. The number of piperidine rings is 1. The van der Waals surface area contributed by atoms with Crippen LogP contribution < -0.4 is 15.1 Å². The first-order chi connectivity index (χ1) is 24.2. The number of aromatic amines is 1. The Balaban J connectivity index is 0.891. The summed E-state index contributed by atoms with van der Waals surface area (Å²) in [5.74, 6) is -1.65. The van der Waals surface area contributed by atoms with E-state index in [0.29, 0.717) is 30.6 Å². The average molecular weight is 693 g/mol. The van der Waals surface area contributed by atoms with Gasteiger partial charge in [-0.15, -0.1) is 0 Å². The molecule has 11 nitrogen and oxygen atoms in total. The number of benzene rings is 3. The van der Waals surface area contributed by atoms with E-state index in [1.165, 1.54) is 5.56 Å². The van der Waals surface area contributed by atoms with E-state index in [1.54, 1.807) is 12.1 Å². The summed E-state index contributed by atoms with van der Waals surface area (Å²) in [5, 5.41) is 3.99. The van der Waals surface area contributed by atoms with Crippen LogP contribution >= 0.6 is 11.6 Å². The number of halogens is 1. The number of urea groups is 1. The van der Waals surface area contributed by atoms with E-state index in [2.05, 4.69) is 34.3 Å². The highest BCUT2D eigenvalue weighted by molar-refractivity contribution is 6.38. The minimum atomic E-state index is -0.985. The fourth-order valence-electron chi connectivity index (χ4n) is 7.78. The predicted molar refractivity (Wildman–Crippen MR) is 190 cm³/mol. The molecule has 256 valence electrons. The van der Waals surface area contributed by atoms with Crippen LogP contribution in [0.3, 0.4) is 0 Å². The first kappa shape index (κ1) is 32.1. The molecule has 4 aromatic rings. The van der Waals surface area contributed by atoms with Gasteiger partial charge in [-0.1, -0.05) is 36.7 Å². The number of nitrogens with zero attached hydrogens (tertiary/aromatic N) is 4. The second-order valence-corrected chi connectivity index (χ2v) is 14.0. The Bertz CT molecular complexity index is 2090. The number of hydrogen-bond donors (Lipinski definition) is 2. The van der Waals surface area contributed by atoms with E-state index < -0.39 is 29.7 Å². The highest BCUT2D eigenvalue weighted by Crippen LogP contribution is 2.38. The van der Waals surface area contributed by atoms with E-state index in [1.807, 2.05) is 46.3 Å². The molecule has 0 saturated carbocycles. The van der Waals surface area contributed by atoms with E-state index in [9.17, 15) is 24.0 Å². The van der Waals surface area contributed by atoms with Crippen molar-refractivity contribution in [1.82, 2.24) is 20.1 Å². The maximum atomic E-state index is 13.7. The Kier molecular flexibility index (Phi) is 8.10. The maximum Gasteiger partial charge on any atom is 0.324 e. The van der Waals surface area contributed by atoms with Crippen molar-refractivity contribution in [2.75, 3.05) is 42.5 Å². The largest absolute Gasteiger partial charge is 0.371 e. The number of H-pyrrole nitrogens is 1. The molecule has 6 amide bonds. The summed E-state index contributed by atoms with van der Waals surface area (Å²) in [6.45, 7) is 5.69. The zero-order valence-corrected chi connectivity index (χ0v) is 28.5. The monoisotopic (exact) mass is 692 g/mol. The highest BCUT2D eigenvalue weighted by atomic mass is 35.5. The summed E-state index contributed by atoms with van der Waals surface area (Å²) in [6, 6.07) is 16.4. The second-order valence-electron chi connectivity index (χ2n) is 13.6. The molecule has 4 aliphatic rings. The quantitative estimate of drug-likeness (QED) is 0.231. The van der Waals surface area contributed by atoms with Crippen molar-refractivity contribution in [2.45, 2.75) is 45.1 Å². The molecule has 2 N–H and O–H groups in total. The summed E-state index contributed by atoms with van der Waals surface area (Å²) in [4.78, 5) is 74.3. The topological polar surface area (TPSA) is 126 Å². The highest BCUT2D eigenvalue weighted by Gasteiger charge is 2.45. The first-order valence-electron chi connectivity index (χ1n) is 17.3. The number of hydrogen-bond acceptors (Lipinski definition) is 6. The van der Waals surface area contributed by atoms with Gasteiger partial charge in [-0.05, 0) is 79.1 Å². The van der Waals surface area contributed by atoms with E-state index in [-0.39, 0.29) is 30.0 Å². The molecule has 50 heavy (non-hydrogen) atoms. The standard InChI is InChI=1S/C38H37ClN6O5/c1-2-23-19-40-30-10-9-27(34(39)33(23)30)24-5-3-6-26(17-24)44-15-4-14-42(38(44)50)16-13-22-20-43(21-22)25-7-8-28-29(18-25)37(49)45(36(28)48)31-11-12-32(46)41-35(31)47/h3,5-10,17-19,22,31,40H,2,4,11-16,20-21H2,1H3,(H,41,46,47). The van der Waals surface area contributed by atoms with E-state index in [4.69, 9.17) is 11.6 Å². The number of nitrogens with one attached hydrogen (secondary N) is 2. The molecule has 3 aromatic carbocycles. The van der Waals surface area contributed by atoms with Gasteiger partial charge in [0.1, 0.15) is 6.04 Å². The Morgan fingerprint density at radius 2 is 1.68 bits per heavy atom. The molecule has 0 aliphatic carbocycles. The molecular formula is C38H37ClN6O5. The van der Waals surface area contributed by atoms with Gasteiger partial charge >= 0.3 is 6.03 Å². The number of imide groups is 2. The Morgan fingerprint density at radius 3 is 2.48 bits per heavy atom. The van der Waals surface area contributed by atoms with E-state index in [0.717, 1.165) is 70.7 Å². The lowest BCUT2D eigenvalue weighted by atomic mass is 9.94. The number of carbonyl (C=O) groups is 5. The number of fused-ring (bicyclic) bond motifs is 2. The third-order valence-corrected chi connectivity index (χ3v) is 11.0. The Hall–Kier alpha value is -5.16. The fraction of sp³-hybridized carbons (Fsp3) is 0.342. The van der Waals surface area contributed by atoms with Gasteiger partial charge in [-0.2, -0.15) is 0 Å². The van der Waals surface area contributed by atoms with Crippen LogP contribution in [0.1, 0.15) is 58.9 Å². The number of amides is 6. The van der Waals surface area contributed by atoms with Gasteiger partial charge in [0.15, 0.2) is 0 Å². The summed E-state index contributed by atoms with van der Waals surface area (Å²) in [6.07, 6.45) is 4.83. The second kappa shape index (κ2) is 12.6. The molecule has 1 aromatic heterocycles. The van der Waals surface area contributed by atoms with Crippen LogP contribution in [0, 0.1) is 5.92 Å². The molecule has 3 saturated heterocycles. The van der Waals surface area contributed by atoms with Gasteiger partial charge < -0.3 is 14.8 Å². The summed E-state index contributed by atoms with van der Waals surface area (Å²) in [7, 11) is 0. The molecule has 4 aliphatic heterocycles. The minimum absolute atomic E-state index is 0.00685. The first-order valence-corrected chi connectivity index (χ1v) is 17.7. The fourth-order valence-corrected chi connectivity index (χ4v) is 8.17. The lowest BCUT2D eigenvalue weighted by molar-refractivity contribution is -0.136. The van der Waals surface area contributed by atoms with Gasteiger partial charge in [0.25, 0.3) is 11.8 Å². The van der Waals surface area contributed by atoms with Gasteiger partial charge in [0.05, 0.1) is 16.1 Å². The van der Waals surface area contributed by atoms with Crippen LogP contribution in [0.2, 0.25) is 5.02 Å². The zero-order valence-electron chi connectivity index (χ0n) is 27.7. The van der Waals surface area contributed by atoms with Gasteiger partial charge in [0, 0.05) is 73.2 Å². The molecule has 0 bridgehead atoms.